The molecule has 1 aromatic heterocycles. The molecule has 5 N–H and O–H groups in total. The summed E-state index contributed by atoms with van der Waals surface area (Å²) in [5.41, 5.74) is 8.12. The largest absolute Gasteiger partial charge is 0.382 e. The Bertz CT molecular complexity index is 1520. The van der Waals surface area contributed by atoms with Gasteiger partial charge < -0.3 is 11.1 Å². The van der Waals surface area contributed by atoms with Crippen molar-refractivity contribution in [2.24, 2.45) is 20.9 Å². The van der Waals surface area contributed by atoms with E-state index in [0.29, 0.717) is 22.8 Å². The van der Waals surface area contributed by atoms with Gasteiger partial charge in [-0.25, -0.2) is 31.7 Å². The van der Waals surface area contributed by atoms with Crippen LogP contribution in [0.2, 0.25) is 0 Å². The fraction of sp³-hybridized carbons (Fsp3) is 0.393. The summed E-state index contributed by atoms with van der Waals surface area (Å²) in [6.07, 6.45) is 4.00. The molecule has 0 spiro atoms. The summed E-state index contributed by atoms with van der Waals surface area (Å²) >= 11 is 0. The first-order chi connectivity index (χ1) is 18.6. The predicted molar refractivity (Wildman–Crippen MR) is 152 cm³/mol. The average Bonchev–Trinajstić information content (AvgIpc) is 3.65. The number of primary sulfonamides is 1. The normalized spacial score (nSPS) is 20.4. The molecule has 12 heteroatoms. The molecular formula is C28H33F3N6O2S. The van der Waals surface area contributed by atoms with Crippen LogP contribution in [0.15, 0.2) is 69.7 Å². The Kier molecular flexibility index (Phi) is 7.97. The number of rotatable bonds is 8. The number of nitrogens with two attached hydrogens (primary N) is 2. The maximum Gasteiger partial charge on any atom is 0.270 e. The molecule has 2 aliphatic rings. The van der Waals surface area contributed by atoms with E-state index < -0.39 is 32.6 Å². The van der Waals surface area contributed by atoms with Crippen LogP contribution in [0.4, 0.5) is 18.9 Å². The van der Waals surface area contributed by atoms with Crippen molar-refractivity contribution in [2.75, 3.05) is 5.32 Å². The van der Waals surface area contributed by atoms with Gasteiger partial charge in [0.15, 0.2) is 0 Å². The lowest BCUT2D eigenvalue weighted by molar-refractivity contribution is -0.0150. The van der Waals surface area contributed by atoms with Crippen LogP contribution >= 0.6 is 0 Å². The predicted octanol–water partition coefficient (Wildman–Crippen LogP) is 4.93. The summed E-state index contributed by atoms with van der Waals surface area (Å²) in [5, 5.41) is 7.68. The van der Waals surface area contributed by atoms with Crippen molar-refractivity contribution in [3.63, 3.8) is 0 Å². The van der Waals surface area contributed by atoms with Crippen molar-refractivity contribution >= 4 is 27.4 Å². The average molecular weight is 575 g/mol. The van der Waals surface area contributed by atoms with Crippen LogP contribution in [-0.2, 0) is 10.0 Å². The Morgan fingerprint density at radius 2 is 1.85 bits per heavy atom. The SMILES string of the molecule is CC(=NC(C)C1=C(C)CC(S(N)(=O)=O)C=C1)Nc1ccc(-c2ccc(F)cc2)nc1C(N)=NC1(C(C)(F)F)CC1. The molecule has 0 aliphatic heterocycles. The summed E-state index contributed by atoms with van der Waals surface area (Å²) in [5.74, 6) is -3.10. The number of amidine groups is 2. The third-order valence-corrected chi connectivity index (χ3v) is 8.39. The van der Waals surface area contributed by atoms with Crippen molar-refractivity contribution in [1.29, 1.82) is 0 Å². The first-order valence-corrected chi connectivity index (χ1v) is 14.4. The van der Waals surface area contributed by atoms with Crippen LogP contribution in [-0.4, -0.2) is 47.8 Å². The Hall–Kier alpha value is -3.51. The van der Waals surface area contributed by atoms with Crippen LogP contribution in [0.5, 0.6) is 0 Å². The quantitative estimate of drug-likeness (QED) is 0.303. The number of nitrogens with one attached hydrogen (secondary N) is 1. The molecule has 214 valence electrons. The number of hydrogen-bond acceptors (Lipinski definition) is 5. The molecule has 0 saturated heterocycles. The fourth-order valence-electron chi connectivity index (χ4n) is 4.74. The molecule has 40 heavy (non-hydrogen) atoms. The molecule has 1 heterocycles. The van der Waals surface area contributed by atoms with Gasteiger partial charge in [0.1, 0.15) is 22.9 Å². The molecule has 1 saturated carbocycles. The van der Waals surface area contributed by atoms with E-state index in [1.807, 2.05) is 13.8 Å². The van der Waals surface area contributed by atoms with E-state index in [9.17, 15) is 21.6 Å². The number of allylic oxidation sites excluding steroid dienone is 1. The van der Waals surface area contributed by atoms with Crippen LogP contribution in [0, 0.1) is 5.82 Å². The monoisotopic (exact) mass is 574 g/mol. The van der Waals surface area contributed by atoms with Gasteiger partial charge in [-0.3, -0.25) is 9.98 Å². The van der Waals surface area contributed by atoms with Crippen LogP contribution in [0.1, 0.15) is 52.7 Å². The molecule has 0 amide bonds. The number of benzene rings is 1. The third kappa shape index (κ3) is 6.44. The number of sulfonamides is 1. The molecule has 1 fully saturated rings. The van der Waals surface area contributed by atoms with Crippen molar-refractivity contribution in [1.82, 2.24) is 4.98 Å². The number of aromatic nitrogens is 1. The van der Waals surface area contributed by atoms with E-state index >= 15 is 0 Å². The van der Waals surface area contributed by atoms with E-state index in [4.69, 9.17) is 15.9 Å². The molecule has 2 atom stereocenters. The molecule has 0 radical (unpaired) electrons. The molecule has 2 unspecified atom stereocenters. The lowest BCUT2D eigenvalue weighted by Crippen LogP contribution is -2.34. The Labute approximate surface area is 232 Å². The van der Waals surface area contributed by atoms with E-state index in [1.54, 1.807) is 43.3 Å². The van der Waals surface area contributed by atoms with Crippen molar-refractivity contribution < 1.29 is 21.6 Å². The number of aliphatic imine (C=N–C) groups is 2. The smallest absolute Gasteiger partial charge is 0.270 e. The van der Waals surface area contributed by atoms with Gasteiger partial charge in [0.2, 0.25) is 10.0 Å². The van der Waals surface area contributed by atoms with E-state index in [0.717, 1.165) is 18.1 Å². The highest BCUT2D eigenvalue weighted by atomic mass is 32.2. The van der Waals surface area contributed by atoms with Gasteiger partial charge in [-0.1, -0.05) is 17.7 Å². The highest BCUT2D eigenvalue weighted by Crippen LogP contribution is 2.51. The summed E-state index contributed by atoms with van der Waals surface area (Å²) < 4.78 is 65.5. The van der Waals surface area contributed by atoms with Crippen molar-refractivity contribution in [3.05, 3.63) is 71.2 Å². The zero-order chi connectivity index (χ0) is 29.5. The van der Waals surface area contributed by atoms with Gasteiger partial charge in [0.05, 0.1) is 28.5 Å². The fourth-order valence-corrected chi connectivity index (χ4v) is 5.52. The molecule has 8 nitrogen and oxygen atoms in total. The minimum atomic E-state index is -3.69. The maximum absolute atomic E-state index is 14.3. The van der Waals surface area contributed by atoms with Crippen molar-refractivity contribution in [3.8, 4) is 11.3 Å². The maximum atomic E-state index is 14.3. The first kappa shape index (κ1) is 29.5. The second kappa shape index (κ2) is 10.8. The van der Waals surface area contributed by atoms with Crippen LogP contribution in [0.25, 0.3) is 11.3 Å². The molecular weight excluding hydrogens is 541 g/mol. The van der Waals surface area contributed by atoms with Crippen molar-refractivity contribution in [2.45, 2.75) is 69.7 Å². The molecule has 2 aromatic rings. The Balaban J connectivity index is 1.66. The number of pyridine rings is 1. The van der Waals surface area contributed by atoms with Gasteiger partial charge in [-0.05, 0) is 82.0 Å². The van der Waals surface area contributed by atoms with Gasteiger partial charge in [-0.15, -0.1) is 0 Å². The molecule has 0 bridgehead atoms. The second-order valence-electron chi connectivity index (χ2n) is 10.5. The van der Waals surface area contributed by atoms with E-state index in [2.05, 4.69) is 15.3 Å². The van der Waals surface area contributed by atoms with Crippen LogP contribution < -0.4 is 16.2 Å². The minimum Gasteiger partial charge on any atom is -0.382 e. The highest BCUT2D eigenvalue weighted by Gasteiger charge is 2.59. The standard InChI is InChI=1S/C28H33F3N6O2S/c1-16-15-21(40(33,38)39)9-10-22(16)17(2)34-18(3)35-24-12-11-23(19-5-7-20(29)8-6-19)36-25(24)26(32)37-28(13-14-28)27(4,30)31/h5-12,17,21H,13-15H2,1-4H3,(H2,32,37)(H,34,35)(H2,33,38,39). The molecule has 4 rings (SSSR count). The zero-order valence-corrected chi connectivity index (χ0v) is 23.6. The van der Waals surface area contributed by atoms with E-state index in [1.165, 1.54) is 12.1 Å². The third-order valence-electron chi connectivity index (χ3n) is 7.22. The summed E-state index contributed by atoms with van der Waals surface area (Å²) in [4.78, 5) is 13.5. The van der Waals surface area contributed by atoms with Gasteiger partial charge in [0.25, 0.3) is 5.92 Å². The Morgan fingerprint density at radius 3 is 2.40 bits per heavy atom. The first-order valence-electron chi connectivity index (χ1n) is 12.8. The molecule has 1 aromatic carbocycles. The number of alkyl halides is 2. The molecule has 2 aliphatic carbocycles. The van der Waals surface area contributed by atoms with Crippen LogP contribution in [0.3, 0.4) is 0 Å². The van der Waals surface area contributed by atoms with Gasteiger partial charge in [0, 0.05) is 12.5 Å². The Morgan fingerprint density at radius 1 is 1.20 bits per heavy atom. The topological polar surface area (TPSA) is 136 Å². The van der Waals surface area contributed by atoms with Gasteiger partial charge in [-0.2, -0.15) is 0 Å². The number of nitrogens with zero attached hydrogens (tertiary/aromatic N) is 3. The second-order valence-corrected chi connectivity index (χ2v) is 12.2. The summed E-state index contributed by atoms with van der Waals surface area (Å²) in [6, 6.07) is 8.81. The zero-order valence-electron chi connectivity index (χ0n) is 22.7. The summed E-state index contributed by atoms with van der Waals surface area (Å²) in [7, 11) is -3.69. The van der Waals surface area contributed by atoms with Gasteiger partial charge >= 0.3 is 0 Å². The lowest BCUT2D eigenvalue weighted by atomic mass is 9.94. The number of halogens is 3. The minimum absolute atomic E-state index is 0.144. The lowest BCUT2D eigenvalue weighted by Gasteiger charge is -2.22. The summed E-state index contributed by atoms with van der Waals surface area (Å²) in [6.45, 7) is 6.28. The number of hydrogen-bond donors (Lipinski definition) is 3. The van der Waals surface area contributed by atoms with E-state index in [-0.39, 0.29) is 36.8 Å². The number of anilines is 1. The highest BCUT2D eigenvalue weighted by molar-refractivity contribution is 7.89.